The molecule has 8 aromatic carbocycles. The maximum Gasteiger partial charge on any atom is 0.164 e. The molecular weight excluding hydrogens is 599 g/mol. The lowest BCUT2D eigenvalue weighted by Gasteiger charge is -2.15. The molecule has 0 saturated carbocycles. The highest BCUT2D eigenvalue weighted by atomic mass is 16.3. The lowest BCUT2D eigenvalue weighted by atomic mass is 9.93. The van der Waals surface area contributed by atoms with Crippen LogP contribution in [0.25, 0.3) is 99.5 Å². The highest BCUT2D eigenvalue weighted by molar-refractivity contribution is 6.23. The van der Waals surface area contributed by atoms with Crippen LogP contribution in [0.15, 0.2) is 168 Å². The van der Waals surface area contributed by atoms with Crippen molar-refractivity contribution in [2.24, 2.45) is 0 Å². The summed E-state index contributed by atoms with van der Waals surface area (Å²) >= 11 is 0. The molecule has 10 aromatic rings. The van der Waals surface area contributed by atoms with E-state index in [0.29, 0.717) is 17.5 Å². The molecule has 228 valence electrons. The Morgan fingerprint density at radius 1 is 0.327 bits per heavy atom. The van der Waals surface area contributed by atoms with Gasteiger partial charge in [0.05, 0.1) is 0 Å². The average Bonchev–Trinajstić information content (AvgIpc) is 3.56. The molecule has 0 saturated heterocycles. The van der Waals surface area contributed by atoms with E-state index >= 15 is 0 Å². The summed E-state index contributed by atoms with van der Waals surface area (Å²) in [6, 6.07) is 56.8. The van der Waals surface area contributed by atoms with Crippen molar-refractivity contribution in [2.75, 3.05) is 0 Å². The van der Waals surface area contributed by atoms with Gasteiger partial charge in [0.1, 0.15) is 11.2 Å². The van der Waals surface area contributed by atoms with Crippen LogP contribution in [0.4, 0.5) is 0 Å². The molecule has 2 heterocycles. The number of furan rings is 1. The summed E-state index contributed by atoms with van der Waals surface area (Å²) in [6.45, 7) is 0. The van der Waals surface area contributed by atoms with Crippen molar-refractivity contribution in [1.29, 1.82) is 0 Å². The predicted molar refractivity (Wildman–Crippen MR) is 201 cm³/mol. The first-order valence-electron chi connectivity index (χ1n) is 16.5. The Morgan fingerprint density at radius 3 is 1.73 bits per heavy atom. The molecule has 0 aliphatic carbocycles. The summed E-state index contributed by atoms with van der Waals surface area (Å²) in [6.07, 6.45) is 0. The van der Waals surface area contributed by atoms with Gasteiger partial charge in [0.25, 0.3) is 0 Å². The molecule has 0 N–H and O–H groups in total. The first-order chi connectivity index (χ1) is 24.3. The monoisotopic (exact) mass is 625 g/mol. The molecule has 49 heavy (non-hydrogen) atoms. The normalized spacial score (nSPS) is 11.7. The fourth-order valence-corrected chi connectivity index (χ4v) is 7.31. The number of hydrogen-bond acceptors (Lipinski definition) is 4. The smallest absolute Gasteiger partial charge is 0.164 e. The van der Waals surface area contributed by atoms with Gasteiger partial charge in [-0.3, -0.25) is 0 Å². The van der Waals surface area contributed by atoms with Gasteiger partial charge in [0.15, 0.2) is 17.5 Å². The fourth-order valence-electron chi connectivity index (χ4n) is 7.31. The third-order valence-electron chi connectivity index (χ3n) is 9.52. The minimum absolute atomic E-state index is 0.600. The van der Waals surface area contributed by atoms with Crippen LogP contribution in [0.2, 0.25) is 0 Å². The predicted octanol–water partition coefficient (Wildman–Crippen LogP) is 11.9. The van der Waals surface area contributed by atoms with Crippen LogP contribution in [0.5, 0.6) is 0 Å². The van der Waals surface area contributed by atoms with Gasteiger partial charge >= 0.3 is 0 Å². The van der Waals surface area contributed by atoms with Gasteiger partial charge in [-0.15, -0.1) is 0 Å². The van der Waals surface area contributed by atoms with Crippen molar-refractivity contribution in [3.8, 4) is 45.3 Å². The van der Waals surface area contributed by atoms with E-state index < -0.39 is 0 Å². The standard InChI is InChI=1S/C45H27N3O/c1-2-13-28(14-3-1)31-16-6-9-20-35(31)43-46-44(37-22-12-24-40-42(37)36-21-10-11-23-39(36)49-40)48-45(47-43)38-27-30-26-25-29-15-4-5-17-32(29)41(30)34-19-8-7-18-33(34)38/h1-27H. The lowest BCUT2D eigenvalue weighted by Crippen LogP contribution is -2.02. The molecule has 4 heteroatoms. The van der Waals surface area contributed by atoms with Crippen molar-refractivity contribution in [3.05, 3.63) is 164 Å². The largest absolute Gasteiger partial charge is 0.456 e. The molecule has 0 aliphatic heterocycles. The van der Waals surface area contributed by atoms with Crippen LogP contribution in [-0.2, 0) is 0 Å². The summed E-state index contributed by atoms with van der Waals surface area (Å²) in [4.78, 5) is 15.8. The van der Waals surface area contributed by atoms with Crippen molar-refractivity contribution >= 4 is 54.3 Å². The Kier molecular flexibility index (Phi) is 6.15. The van der Waals surface area contributed by atoms with Gasteiger partial charge in [0, 0.05) is 27.5 Å². The van der Waals surface area contributed by atoms with Gasteiger partial charge in [-0.25, -0.2) is 15.0 Å². The molecule has 4 nitrogen and oxygen atoms in total. The summed E-state index contributed by atoms with van der Waals surface area (Å²) in [7, 11) is 0. The molecule has 0 unspecified atom stereocenters. The lowest BCUT2D eigenvalue weighted by molar-refractivity contribution is 0.669. The van der Waals surface area contributed by atoms with Gasteiger partial charge in [-0.1, -0.05) is 146 Å². The number of fused-ring (bicyclic) bond motifs is 8. The van der Waals surface area contributed by atoms with Crippen molar-refractivity contribution in [3.63, 3.8) is 0 Å². The fraction of sp³-hybridized carbons (Fsp3) is 0. The third-order valence-corrected chi connectivity index (χ3v) is 9.52. The van der Waals surface area contributed by atoms with E-state index in [-0.39, 0.29) is 0 Å². The van der Waals surface area contributed by atoms with E-state index in [1.165, 1.54) is 21.5 Å². The molecule has 0 amide bonds. The number of aromatic nitrogens is 3. The topological polar surface area (TPSA) is 51.8 Å². The highest BCUT2D eigenvalue weighted by Gasteiger charge is 2.21. The second kappa shape index (κ2) is 11.0. The van der Waals surface area contributed by atoms with Crippen LogP contribution < -0.4 is 0 Å². The minimum Gasteiger partial charge on any atom is -0.456 e. The first kappa shape index (κ1) is 27.5. The Bertz CT molecular complexity index is 2890. The molecule has 0 atom stereocenters. The van der Waals surface area contributed by atoms with Crippen molar-refractivity contribution in [2.45, 2.75) is 0 Å². The molecule has 10 rings (SSSR count). The van der Waals surface area contributed by atoms with Gasteiger partial charge in [0.2, 0.25) is 0 Å². The van der Waals surface area contributed by atoms with E-state index in [9.17, 15) is 0 Å². The van der Waals surface area contributed by atoms with Crippen LogP contribution in [0.3, 0.4) is 0 Å². The molecule has 2 aromatic heterocycles. The zero-order chi connectivity index (χ0) is 32.3. The zero-order valence-electron chi connectivity index (χ0n) is 26.3. The quantitative estimate of drug-likeness (QED) is 0.183. The number of nitrogens with zero attached hydrogens (tertiary/aromatic N) is 3. The van der Waals surface area contributed by atoms with Crippen LogP contribution in [0, 0.1) is 0 Å². The van der Waals surface area contributed by atoms with E-state index in [1.54, 1.807) is 0 Å². The van der Waals surface area contributed by atoms with E-state index in [4.69, 9.17) is 19.4 Å². The first-order valence-corrected chi connectivity index (χ1v) is 16.5. The SMILES string of the molecule is c1ccc(-c2ccccc2-c2nc(-c3cc4ccc5ccccc5c4c4ccccc34)nc(-c3cccc4oc5ccccc5c34)n2)cc1. The molecule has 0 fully saturated rings. The maximum atomic E-state index is 6.29. The minimum atomic E-state index is 0.600. The van der Waals surface area contributed by atoms with Crippen LogP contribution in [-0.4, -0.2) is 15.0 Å². The number of hydrogen-bond donors (Lipinski definition) is 0. The second-order valence-electron chi connectivity index (χ2n) is 12.3. The summed E-state index contributed by atoms with van der Waals surface area (Å²) in [5.74, 6) is 1.84. The Labute approximate surface area is 282 Å². The molecule has 0 radical (unpaired) electrons. The van der Waals surface area contributed by atoms with Crippen LogP contribution in [0.1, 0.15) is 0 Å². The number of para-hydroxylation sites is 1. The highest BCUT2D eigenvalue weighted by Crippen LogP contribution is 2.41. The molecular formula is C45H27N3O. The number of benzene rings is 8. The summed E-state index contributed by atoms with van der Waals surface area (Å²) in [5.41, 5.74) is 6.61. The average molecular weight is 626 g/mol. The van der Waals surface area contributed by atoms with Gasteiger partial charge in [-0.05, 0) is 61.6 Å². The summed E-state index contributed by atoms with van der Waals surface area (Å²) < 4.78 is 6.29. The second-order valence-corrected chi connectivity index (χ2v) is 12.3. The molecule has 0 aliphatic rings. The van der Waals surface area contributed by atoms with Crippen LogP contribution >= 0.6 is 0 Å². The van der Waals surface area contributed by atoms with Gasteiger partial charge < -0.3 is 4.42 Å². The Balaban J connectivity index is 1.30. The number of rotatable bonds is 4. The zero-order valence-corrected chi connectivity index (χ0v) is 26.3. The maximum absolute atomic E-state index is 6.29. The third kappa shape index (κ3) is 4.42. The van der Waals surface area contributed by atoms with E-state index in [1.807, 2.05) is 42.5 Å². The summed E-state index contributed by atoms with van der Waals surface area (Å²) in [5, 5.41) is 9.11. The van der Waals surface area contributed by atoms with Crippen molar-refractivity contribution < 1.29 is 4.42 Å². The molecule has 0 bridgehead atoms. The van der Waals surface area contributed by atoms with E-state index in [2.05, 4.69) is 121 Å². The molecule has 0 spiro atoms. The van der Waals surface area contributed by atoms with E-state index in [0.717, 1.165) is 60.5 Å². The van der Waals surface area contributed by atoms with Crippen molar-refractivity contribution in [1.82, 2.24) is 15.0 Å². The van der Waals surface area contributed by atoms with Gasteiger partial charge in [-0.2, -0.15) is 0 Å². The Morgan fingerprint density at radius 2 is 0.898 bits per heavy atom. The Hall–Kier alpha value is -6.65.